The Morgan fingerprint density at radius 3 is 2.69 bits per heavy atom. The maximum Gasteiger partial charge on any atom is 0.306 e. The van der Waals surface area contributed by atoms with E-state index in [0.717, 1.165) is 0 Å². The highest BCUT2D eigenvalue weighted by Gasteiger charge is 2.55. The van der Waals surface area contributed by atoms with E-state index in [2.05, 4.69) is 5.32 Å². The second-order valence-electron chi connectivity index (χ2n) is 6.04. The monoisotopic (exact) mass is 355 g/mol. The van der Waals surface area contributed by atoms with Crippen LogP contribution in [0.5, 0.6) is 5.75 Å². The van der Waals surface area contributed by atoms with Crippen molar-refractivity contribution in [2.45, 2.75) is 18.1 Å². The Hall–Kier alpha value is -3.19. The third kappa shape index (κ3) is 2.62. The van der Waals surface area contributed by atoms with Crippen molar-refractivity contribution in [2.75, 3.05) is 7.11 Å². The zero-order chi connectivity index (χ0) is 18.9. The fraction of sp³-hybridized carbons (Fsp3) is 0.211. The molecule has 2 atom stereocenters. The van der Waals surface area contributed by atoms with E-state index < -0.39 is 29.8 Å². The average molecular weight is 355 g/mol. The molecule has 0 saturated heterocycles. The number of methoxy groups -OCH3 is 1. The lowest BCUT2D eigenvalue weighted by atomic mass is 9.87. The lowest BCUT2D eigenvalue weighted by molar-refractivity contribution is -0.139. The molecule has 7 nitrogen and oxygen atoms in total. The second kappa shape index (κ2) is 6.61. The van der Waals surface area contributed by atoms with Crippen LogP contribution in [0.1, 0.15) is 28.4 Å². The maximum atomic E-state index is 13.1. The number of carboxylic acids is 1. The van der Waals surface area contributed by atoms with E-state index in [0.29, 0.717) is 16.9 Å². The first-order valence-electron chi connectivity index (χ1n) is 7.88. The van der Waals surface area contributed by atoms with Crippen LogP contribution in [0.4, 0.5) is 0 Å². The Bertz CT molecular complexity index is 893. The second-order valence-corrected chi connectivity index (χ2v) is 6.04. The molecule has 0 radical (unpaired) electrons. The molecule has 0 spiro atoms. The Morgan fingerprint density at radius 1 is 1.31 bits per heavy atom. The number of hydrogen-bond acceptors (Lipinski definition) is 5. The number of fused-ring (bicyclic) bond motifs is 1. The number of benzene rings is 2. The van der Waals surface area contributed by atoms with Gasteiger partial charge in [-0.1, -0.05) is 30.3 Å². The summed E-state index contributed by atoms with van der Waals surface area (Å²) in [4.78, 5) is 35.5. The molecule has 1 amide bonds. The molecule has 0 aromatic heterocycles. The quantitative estimate of drug-likeness (QED) is 0.678. The molecule has 0 bridgehead atoms. The summed E-state index contributed by atoms with van der Waals surface area (Å²) in [5, 5.41) is 22.1. The van der Waals surface area contributed by atoms with Crippen molar-refractivity contribution in [2.24, 2.45) is 0 Å². The number of aliphatic carboxylic acids is 1. The van der Waals surface area contributed by atoms with Gasteiger partial charge in [0, 0.05) is 5.56 Å². The zero-order valence-corrected chi connectivity index (χ0v) is 13.9. The first-order chi connectivity index (χ1) is 12.4. The van der Waals surface area contributed by atoms with Gasteiger partial charge < -0.3 is 20.3 Å². The van der Waals surface area contributed by atoms with E-state index in [1.165, 1.54) is 7.11 Å². The van der Waals surface area contributed by atoms with Gasteiger partial charge in [0.25, 0.3) is 0 Å². The lowest BCUT2D eigenvalue weighted by Crippen LogP contribution is -2.53. The molecule has 134 valence electrons. The van der Waals surface area contributed by atoms with E-state index in [-0.39, 0.29) is 17.5 Å². The smallest absolute Gasteiger partial charge is 0.306 e. The van der Waals surface area contributed by atoms with Gasteiger partial charge in [-0.05, 0) is 28.8 Å². The van der Waals surface area contributed by atoms with Crippen LogP contribution in [0, 0.1) is 0 Å². The Labute approximate surface area is 149 Å². The fourth-order valence-corrected chi connectivity index (χ4v) is 3.41. The highest BCUT2D eigenvalue weighted by Crippen LogP contribution is 2.45. The van der Waals surface area contributed by atoms with Gasteiger partial charge in [0.05, 0.1) is 13.5 Å². The molecule has 3 rings (SSSR count). The number of hydrogen-bond donors (Lipinski definition) is 3. The largest absolute Gasteiger partial charge is 0.497 e. The summed E-state index contributed by atoms with van der Waals surface area (Å²) >= 11 is 0. The number of nitrogens with one attached hydrogen (secondary N) is 1. The van der Waals surface area contributed by atoms with Crippen LogP contribution < -0.4 is 10.1 Å². The van der Waals surface area contributed by atoms with E-state index in [4.69, 9.17) is 4.74 Å². The van der Waals surface area contributed by atoms with Crippen molar-refractivity contribution < 1.29 is 29.3 Å². The van der Waals surface area contributed by atoms with Gasteiger partial charge in [-0.15, -0.1) is 0 Å². The molecule has 0 fully saturated rings. The summed E-state index contributed by atoms with van der Waals surface area (Å²) < 4.78 is 5.21. The van der Waals surface area contributed by atoms with Crippen LogP contribution in [-0.4, -0.2) is 41.0 Å². The van der Waals surface area contributed by atoms with Crippen LogP contribution in [0.2, 0.25) is 0 Å². The molecule has 7 heteroatoms. The lowest BCUT2D eigenvalue weighted by Gasteiger charge is -2.28. The zero-order valence-electron chi connectivity index (χ0n) is 13.9. The number of rotatable bonds is 6. The molecule has 3 N–H and O–H groups in total. The van der Waals surface area contributed by atoms with E-state index in [1.54, 1.807) is 42.5 Å². The van der Waals surface area contributed by atoms with Crippen molar-refractivity contribution in [3.05, 3.63) is 53.6 Å². The number of amides is 1. The van der Waals surface area contributed by atoms with E-state index in [9.17, 15) is 24.6 Å². The molecule has 2 aromatic carbocycles. The van der Waals surface area contributed by atoms with Gasteiger partial charge >= 0.3 is 5.97 Å². The number of carboxylic acid groups (broad SMARTS) is 1. The Balaban J connectivity index is 2.19. The number of carbonyl (C=O) groups is 3. The normalized spacial score (nSPS) is 21.2. The highest BCUT2D eigenvalue weighted by atomic mass is 16.5. The Morgan fingerprint density at radius 2 is 2.04 bits per heavy atom. The number of Topliss-reactive ketones (excluding diaryl/α,β-unsaturated/α-hetero) is 1. The summed E-state index contributed by atoms with van der Waals surface area (Å²) in [6.45, 7) is 0. The van der Waals surface area contributed by atoms with Crippen molar-refractivity contribution in [1.29, 1.82) is 0 Å². The average Bonchev–Trinajstić information content (AvgIpc) is 2.84. The third-order valence-corrected chi connectivity index (χ3v) is 4.62. The van der Waals surface area contributed by atoms with Crippen LogP contribution in [0.15, 0.2) is 42.5 Å². The maximum absolute atomic E-state index is 13.1. The van der Waals surface area contributed by atoms with Crippen molar-refractivity contribution in [3.8, 4) is 16.9 Å². The number of aliphatic hydroxyl groups excluding tert-OH is 1. The highest BCUT2D eigenvalue weighted by molar-refractivity contribution is 6.14. The first-order valence-corrected chi connectivity index (χ1v) is 7.88. The molecular weight excluding hydrogens is 338 g/mol. The number of ketones is 1. The summed E-state index contributed by atoms with van der Waals surface area (Å²) in [5.74, 6) is -1.34. The number of ether oxygens (including phenoxy) is 1. The van der Waals surface area contributed by atoms with Crippen molar-refractivity contribution in [1.82, 2.24) is 5.32 Å². The van der Waals surface area contributed by atoms with Gasteiger partial charge in [0.2, 0.25) is 6.41 Å². The molecule has 1 aliphatic carbocycles. The van der Waals surface area contributed by atoms with Crippen LogP contribution >= 0.6 is 0 Å². The molecule has 0 saturated carbocycles. The van der Waals surface area contributed by atoms with Crippen LogP contribution in [0.3, 0.4) is 0 Å². The van der Waals surface area contributed by atoms with Gasteiger partial charge in [-0.25, -0.2) is 0 Å². The summed E-state index contributed by atoms with van der Waals surface area (Å²) in [7, 11) is 1.52. The van der Waals surface area contributed by atoms with E-state index in [1.807, 2.05) is 0 Å². The predicted octanol–water partition coefficient (Wildman–Crippen LogP) is 1.55. The molecule has 2 unspecified atom stereocenters. The third-order valence-electron chi connectivity index (χ3n) is 4.62. The van der Waals surface area contributed by atoms with Gasteiger partial charge in [0.15, 0.2) is 5.78 Å². The summed E-state index contributed by atoms with van der Waals surface area (Å²) in [5.41, 5.74) is -0.232. The van der Waals surface area contributed by atoms with Crippen LogP contribution in [0.25, 0.3) is 11.1 Å². The molecule has 2 aromatic rings. The summed E-state index contributed by atoms with van der Waals surface area (Å²) in [6, 6.07) is 12.0. The van der Waals surface area contributed by atoms with Gasteiger partial charge in [0.1, 0.15) is 17.4 Å². The van der Waals surface area contributed by atoms with E-state index >= 15 is 0 Å². The topological polar surface area (TPSA) is 113 Å². The fourth-order valence-electron chi connectivity index (χ4n) is 3.41. The molecule has 0 aliphatic heterocycles. The SMILES string of the molecule is COc1cccc(-c2cccc3c2C(=O)C(CC(=O)O)(NC=O)C3O)c1. The molecule has 0 heterocycles. The molecular formula is C19H17NO6. The minimum absolute atomic E-state index is 0.198. The minimum Gasteiger partial charge on any atom is -0.497 e. The van der Waals surface area contributed by atoms with Crippen molar-refractivity contribution in [3.63, 3.8) is 0 Å². The molecule has 26 heavy (non-hydrogen) atoms. The Kier molecular flexibility index (Phi) is 4.48. The summed E-state index contributed by atoms with van der Waals surface area (Å²) in [6.07, 6.45) is -1.95. The number of aliphatic hydroxyl groups is 1. The number of carbonyl (C=O) groups excluding carboxylic acids is 2. The molecule has 1 aliphatic rings. The minimum atomic E-state index is -1.93. The van der Waals surface area contributed by atoms with Gasteiger partial charge in [-0.2, -0.15) is 0 Å². The van der Waals surface area contributed by atoms with Crippen molar-refractivity contribution >= 4 is 18.2 Å². The van der Waals surface area contributed by atoms with Crippen LogP contribution in [-0.2, 0) is 9.59 Å². The predicted molar refractivity (Wildman–Crippen MR) is 91.9 cm³/mol. The first kappa shape index (κ1) is 17.6. The van der Waals surface area contributed by atoms with Gasteiger partial charge in [-0.3, -0.25) is 14.4 Å². The standard InChI is InChI=1S/C19H17NO6/c1-26-12-5-2-4-11(8-12)13-6-3-7-14-16(13)18(25)19(17(14)24,20-10-21)9-15(22)23/h2-8,10,17,24H,9H2,1H3,(H,20,21)(H,22,23).